The van der Waals surface area contributed by atoms with Gasteiger partial charge in [0.25, 0.3) is 0 Å². The Balaban J connectivity index is 1.69. The van der Waals surface area contributed by atoms with Crippen LogP contribution in [-0.2, 0) is 4.74 Å². The summed E-state index contributed by atoms with van der Waals surface area (Å²) in [6.45, 7) is 6.82. The van der Waals surface area contributed by atoms with Gasteiger partial charge >= 0.3 is 0 Å². The van der Waals surface area contributed by atoms with Gasteiger partial charge in [0, 0.05) is 26.2 Å². The Labute approximate surface area is 120 Å². The van der Waals surface area contributed by atoms with Gasteiger partial charge in [0.15, 0.2) is 0 Å². The highest BCUT2D eigenvalue weighted by molar-refractivity contribution is 5.36. The molecule has 1 heterocycles. The highest BCUT2D eigenvalue weighted by Crippen LogP contribution is 2.13. The predicted molar refractivity (Wildman–Crippen MR) is 77.7 cm³/mol. The second-order valence-corrected chi connectivity index (χ2v) is 5.18. The first kappa shape index (κ1) is 14.8. The van der Waals surface area contributed by atoms with Gasteiger partial charge < -0.3 is 14.4 Å². The maximum absolute atomic E-state index is 8.83. The van der Waals surface area contributed by atoms with Crippen molar-refractivity contribution >= 4 is 0 Å². The van der Waals surface area contributed by atoms with Crippen LogP contribution in [0.2, 0.25) is 0 Å². The third kappa shape index (κ3) is 4.84. The third-order valence-electron chi connectivity index (χ3n) is 3.39. The molecular formula is C16H22N2O2. The topological polar surface area (TPSA) is 45.5 Å². The van der Waals surface area contributed by atoms with Crippen molar-refractivity contribution in [3.8, 4) is 11.8 Å². The average molecular weight is 274 g/mol. The van der Waals surface area contributed by atoms with Crippen LogP contribution in [-0.4, -0.2) is 43.9 Å². The summed E-state index contributed by atoms with van der Waals surface area (Å²) >= 11 is 0. The Bertz CT molecular complexity index is 456. The van der Waals surface area contributed by atoms with Gasteiger partial charge in [-0.25, -0.2) is 0 Å². The fourth-order valence-electron chi connectivity index (χ4n) is 2.42. The lowest BCUT2D eigenvalue weighted by molar-refractivity contribution is 0.0670. The lowest BCUT2D eigenvalue weighted by Gasteiger charge is -2.21. The van der Waals surface area contributed by atoms with Gasteiger partial charge in [0.1, 0.15) is 5.75 Å². The van der Waals surface area contributed by atoms with Crippen LogP contribution in [0.15, 0.2) is 24.3 Å². The average Bonchev–Trinajstić information content (AvgIpc) is 2.68. The highest BCUT2D eigenvalue weighted by Gasteiger charge is 2.14. The predicted octanol–water partition coefficient (Wildman–Crippen LogP) is 2.44. The van der Waals surface area contributed by atoms with E-state index in [4.69, 9.17) is 14.7 Å². The zero-order chi connectivity index (χ0) is 14.2. The number of nitriles is 1. The van der Waals surface area contributed by atoms with Gasteiger partial charge in [0.05, 0.1) is 24.3 Å². The van der Waals surface area contributed by atoms with Crippen molar-refractivity contribution in [1.82, 2.24) is 4.90 Å². The molecular weight excluding hydrogens is 252 g/mol. The molecule has 4 heteroatoms. The minimum absolute atomic E-state index is 0.325. The first-order valence-corrected chi connectivity index (χ1v) is 7.25. The summed E-state index contributed by atoms with van der Waals surface area (Å²) in [5, 5.41) is 8.83. The van der Waals surface area contributed by atoms with Gasteiger partial charge in [-0.05, 0) is 38.0 Å². The van der Waals surface area contributed by atoms with Gasteiger partial charge in [-0.2, -0.15) is 5.26 Å². The molecule has 1 saturated heterocycles. The van der Waals surface area contributed by atoms with Crippen molar-refractivity contribution in [2.45, 2.75) is 25.9 Å². The van der Waals surface area contributed by atoms with Crippen molar-refractivity contribution in [3.63, 3.8) is 0 Å². The first-order valence-electron chi connectivity index (χ1n) is 7.25. The molecule has 1 aromatic carbocycles. The molecule has 1 fully saturated rings. The van der Waals surface area contributed by atoms with E-state index >= 15 is 0 Å². The van der Waals surface area contributed by atoms with Crippen LogP contribution in [0.25, 0.3) is 0 Å². The van der Waals surface area contributed by atoms with Gasteiger partial charge in [-0.1, -0.05) is 6.07 Å². The minimum Gasteiger partial charge on any atom is -0.494 e. The Kier molecular flexibility index (Phi) is 5.85. The van der Waals surface area contributed by atoms with Crippen molar-refractivity contribution in [2.24, 2.45) is 0 Å². The second-order valence-electron chi connectivity index (χ2n) is 5.18. The molecule has 0 spiro atoms. The number of hydrogen-bond acceptors (Lipinski definition) is 4. The van der Waals surface area contributed by atoms with Crippen molar-refractivity contribution in [3.05, 3.63) is 29.8 Å². The summed E-state index contributed by atoms with van der Waals surface area (Å²) in [6.07, 6.45) is 2.42. The number of ether oxygens (including phenoxy) is 2. The lowest BCUT2D eigenvalue weighted by atomic mass is 10.2. The monoisotopic (exact) mass is 274 g/mol. The molecule has 1 aliphatic rings. The van der Waals surface area contributed by atoms with E-state index in [0.717, 1.165) is 44.8 Å². The molecule has 0 radical (unpaired) electrons. The van der Waals surface area contributed by atoms with E-state index in [1.54, 1.807) is 12.1 Å². The van der Waals surface area contributed by atoms with Gasteiger partial charge in [-0.15, -0.1) is 0 Å². The van der Waals surface area contributed by atoms with Crippen molar-refractivity contribution in [1.29, 1.82) is 5.26 Å². The van der Waals surface area contributed by atoms with Gasteiger partial charge in [-0.3, -0.25) is 0 Å². The zero-order valence-electron chi connectivity index (χ0n) is 12.0. The SMILES string of the molecule is CC1CN(CCCOc2cccc(C#N)c2)CCCO1. The van der Waals surface area contributed by atoms with E-state index in [2.05, 4.69) is 17.9 Å². The minimum atomic E-state index is 0.325. The van der Waals surface area contributed by atoms with Crippen molar-refractivity contribution in [2.75, 3.05) is 32.8 Å². The summed E-state index contributed by atoms with van der Waals surface area (Å²) < 4.78 is 11.3. The number of hydrogen-bond donors (Lipinski definition) is 0. The molecule has 0 aromatic heterocycles. The molecule has 0 saturated carbocycles. The molecule has 1 unspecified atom stereocenters. The first-order chi connectivity index (χ1) is 9.78. The van der Waals surface area contributed by atoms with Crippen LogP contribution in [0.3, 0.4) is 0 Å². The maximum atomic E-state index is 8.83. The second kappa shape index (κ2) is 7.88. The summed E-state index contributed by atoms with van der Waals surface area (Å²) in [5.74, 6) is 0.775. The fourth-order valence-corrected chi connectivity index (χ4v) is 2.42. The Morgan fingerprint density at radius 1 is 1.50 bits per heavy atom. The normalized spacial score (nSPS) is 20.1. The van der Waals surface area contributed by atoms with E-state index in [1.807, 2.05) is 12.1 Å². The largest absolute Gasteiger partial charge is 0.494 e. The Morgan fingerprint density at radius 3 is 3.25 bits per heavy atom. The van der Waals surface area contributed by atoms with Crippen LogP contribution in [0.4, 0.5) is 0 Å². The number of rotatable bonds is 5. The molecule has 1 atom stereocenters. The van der Waals surface area contributed by atoms with E-state index in [-0.39, 0.29) is 0 Å². The van der Waals surface area contributed by atoms with Crippen LogP contribution in [0.5, 0.6) is 5.75 Å². The molecule has 4 nitrogen and oxygen atoms in total. The molecule has 0 aliphatic carbocycles. The van der Waals surface area contributed by atoms with Crippen LogP contribution < -0.4 is 4.74 Å². The molecule has 2 rings (SSSR count). The van der Waals surface area contributed by atoms with Gasteiger partial charge in [0.2, 0.25) is 0 Å². The van der Waals surface area contributed by atoms with E-state index in [9.17, 15) is 0 Å². The van der Waals surface area contributed by atoms with Crippen molar-refractivity contribution < 1.29 is 9.47 Å². The van der Waals surface area contributed by atoms with E-state index in [0.29, 0.717) is 18.3 Å². The molecule has 1 aromatic rings. The number of benzene rings is 1. The number of nitrogens with zero attached hydrogens (tertiary/aromatic N) is 2. The zero-order valence-corrected chi connectivity index (χ0v) is 12.0. The standard InChI is InChI=1S/C16H22N2O2/c1-14-13-18(7-3-9-19-14)8-4-10-20-16-6-2-5-15(11-16)12-17/h2,5-6,11,14H,3-4,7-10,13H2,1H3. The quantitative estimate of drug-likeness (QED) is 0.774. The van der Waals surface area contributed by atoms with E-state index in [1.165, 1.54) is 0 Å². The van der Waals surface area contributed by atoms with Crippen LogP contribution in [0.1, 0.15) is 25.3 Å². The third-order valence-corrected chi connectivity index (χ3v) is 3.39. The molecule has 0 N–H and O–H groups in total. The summed E-state index contributed by atoms with van der Waals surface area (Å²) in [4.78, 5) is 2.44. The lowest BCUT2D eigenvalue weighted by Crippen LogP contribution is -2.31. The Hall–Kier alpha value is -1.57. The summed E-state index contributed by atoms with van der Waals surface area (Å²) in [7, 11) is 0. The summed E-state index contributed by atoms with van der Waals surface area (Å²) in [5.41, 5.74) is 0.640. The molecule has 20 heavy (non-hydrogen) atoms. The van der Waals surface area contributed by atoms with E-state index < -0.39 is 0 Å². The summed E-state index contributed by atoms with van der Waals surface area (Å²) in [6, 6.07) is 9.42. The Morgan fingerprint density at radius 2 is 2.40 bits per heavy atom. The van der Waals surface area contributed by atoms with Crippen LogP contribution >= 0.6 is 0 Å². The molecule has 0 amide bonds. The smallest absolute Gasteiger partial charge is 0.120 e. The van der Waals surface area contributed by atoms with Crippen LogP contribution in [0, 0.1) is 11.3 Å². The highest BCUT2D eigenvalue weighted by atomic mass is 16.5. The fraction of sp³-hybridized carbons (Fsp3) is 0.562. The molecule has 108 valence electrons. The molecule has 0 bridgehead atoms. The molecule has 1 aliphatic heterocycles. The maximum Gasteiger partial charge on any atom is 0.120 e.